The molecular formula is C14H26N2O. The van der Waals surface area contributed by atoms with E-state index in [1.54, 1.807) is 0 Å². The van der Waals surface area contributed by atoms with Gasteiger partial charge in [0, 0.05) is 25.0 Å². The van der Waals surface area contributed by atoms with Gasteiger partial charge < -0.3 is 9.80 Å². The van der Waals surface area contributed by atoms with Gasteiger partial charge in [0.05, 0.1) is 0 Å². The third-order valence-corrected chi connectivity index (χ3v) is 4.54. The number of likely N-dealkylation sites (tertiary alicyclic amines) is 1. The molecule has 2 rings (SSSR count). The van der Waals surface area contributed by atoms with Gasteiger partial charge in [0.25, 0.3) is 0 Å². The van der Waals surface area contributed by atoms with Gasteiger partial charge in [-0.05, 0) is 52.6 Å². The molecule has 0 atom stereocenters. The summed E-state index contributed by atoms with van der Waals surface area (Å²) in [6.45, 7) is 8.15. The van der Waals surface area contributed by atoms with E-state index in [2.05, 4.69) is 18.7 Å². The molecule has 0 spiro atoms. The summed E-state index contributed by atoms with van der Waals surface area (Å²) < 4.78 is 0. The number of nitrogens with zero attached hydrogens (tertiary/aromatic N) is 2. The lowest BCUT2D eigenvalue weighted by molar-refractivity contribution is -0.137. The van der Waals surface area contributed by atoms with E-state index in [1.165, 1.54) is 19.3 Å². The maximum atomic E-state index is 12.2. The van der Waals surface area contributed by atoms with Crippen LogP contribution >= 0.6 is 0 Å². The highest BCUT2D eigenvalue weighted by Gasteiger charge is 2.32. The Bertz CT molecular complexity index is 251. The summed E-state index contributed by atoms with van der Waals surface area (Å²) in [4.78, 5) is 16.8. The molecule has 1 amide bonds. The van der Waals surface area contributed by atoms with Crippen molar-refractivity contribution in [3.63, 3.8) is 0 Å². The summed E-state index contributed by atoms with van der Waals surface area (Å²) in [5.74, 6) is 0.689. The molecule has 3 nitrogen and oxygen atoms in total. The van der Waals surface area contributed by atoms with Crippen LogP contribution in [0.2, 0.25) is 0 Å². The Morgan fingerprint density at radius 1 is 1.12 bits per heavy atom. The van der Waals surface area contributed by atoms with Crippen LogP contribution in [0.15, 0.2) is 0 Å². The van der Waals surface area contributed by atoms with Crippen molar-refractivity contribution in [1.82, 2.24) is 9.80 Å². The molecule has 0 unspecified atom stereocenters. The minimum absolute atomic E-state index is 0.297. The number of amides is 1. The number of hydrogen-bond donors (Lipinski definition) is 0. The van der Waals surface area contributed by atoms with Gasteiger partial charge in [-0.1, -0.05) is 6.42 Å². The highest BCUT2D eigenvalue weighted by atomic mass is 16.2. The lowest BCUT2D eigenvalue weighted by Gasteiger charge is -2.42. The molecule has 1 saturated heterocycles. The molecule has 0 aromatic carbocycles. The van der Waals surface area contributed by atoms with E-state index in [4.69, 9.17) is 0 Å². The highest BCUT2D eigenvalue weighted by Crippen LogP contribution is 2.29. The SMILES string of the molecule is CCN(CC)C(=O)C1CCN(C2CCC2)CC1. The smallest absolute Gasteiger partial charge is 0.225 e. The van der Waals surface area contributed by atoms with E-state index in [-0.39, 0.29) is 0 Å². The van der Waals surface area contributed by atoms with Gasteiger partial charge in [-0.3, -0.25) is 4.79 Å². The van der Waals surface area contributed by atoms with Gasteiger partial charge >= 0.3 is 0 Å². The number of carbonyl (C=O) groups is 1. The zero-order valence-electron chi connectivity index (χ0n) is 11.3. The van der Waals surface area contributed by atoms with Gasteiger partial charge in [-0.15, -0.1) is 0 Å². The van der Waals surface area contributed by atoms with Gasteiger partial charge in [0.1, 0.15) is 0 Å². The van der Waals surface area contributed by atoms with E-state index in [1.807, 2.05) is 4.90 Å². The molecule has 2 fully saturated rings. The Labute approximate surface area is 105 Å². The van der Waals surface area contributed by atoms with Crippen LogP contribution in [0.25, 0.3) is 0 Å². The quantitative estimate of drug-likeness (QED) is 0.749. The summed E-state index contributed by atoms with van der Waals surface area (Å²) in [6, 6.07) is 0.847. The van der Waals surface area contributed by atoms with E-state index in [0.717, 1.165) is 45.1 Å². The fraction of sp³-hybridized carbons (Fsp3) is 0.929. The van der Waals surface area contributed by atoms with Crippen LogP contribution in [0.3, 0.4) is 0 Å². The lowest BCUT2D eigenvalue weighted by atomic mass is 9.87. The van der Waals surface area contributed by atoms with Crippen LogP contribution in [0.1, 0.15) is 46.0 Å². The third-order valence-electron chi connectivity index (χ3n) is 4.54. The third kappa shape index (κ3) is 2.82. The Balaban J connectivity index is 1.79. The first-order valence-electron chi connectivity index (χ1n) is 7.29. The largest absolute Gasteiger partial charge is 0.343 e. The lowest BCUT2D eigenvalue weighted by Crippen LogP contribution is -2.47. The number of hydrogen-bond acceptors (Lipinski definition) is 2. The first kappa shape index (κ1) is 12.9. The molecule has 17 heavy (non-hydrogen) atoms. The van der Waals surface area contributed by atoms with Crippen molar-refractivity contribution in [2.75, 3.05) is 26.2 Å². The van der Waals surface area contributed by atoms with E-state index in [9.17, 15) is 4.79 Å². The van der Waals surface area contributed by atoms with Crippen LogP contribution in [-0.4, -0.2) is 47.9 Å². The Morgan fingerprint density at radius 2 is 1.71 bits per heavy atom. The van der Waals surface area contributed by atoms with Crippen LogP contribution in [0, 0.1) is 5.92 Å². The average molecular weight is 238 g/mol. The van der Waals surface area contributed by atoms with Crippen LogP contribution in [0.5, 0.6) is 0 Å². The van der Waals surface area contributed by atoms with Crippen LogP contribution in [-0.2, 0) is 4.79 Å². The summed E-state index contributed by atoms with van der Waals surface area (Å²) >= 11 is 0. The maximum Gasteiger partial charge on any atom is 0.225 e. The fourth-order valence-corrected chi connectivity index (χ4v) is 3.06. The minimum Gasteiger partial charge on any atom is -0.343 e. The molecule has 0 radical (unpaired) electrons. The molecular weight excluding hydrogens is 212 g/mol. The summed E-state index contributed by atoms with van der Waals surface area (Å²) in [5, 5.41) is 0. The minimum atomic E-state index is 0.297. The van der Waals surface area contributed by atoms with Gasteiger partial charge in [0.2, 0.25) is 5.91 Å². The summed E-state index contributed by atoms with van der Waals surface area (Å²) in [5.41, 5.74) is 0. The van der Waals surface area contributed by atoms with Crippen molar-refractivity contribution in [1.29, 1.82) is 0 Å². The molecule has 98 valence electrons. The molecule has 1 aliphatic carbocycles. The van der Waals surface area contributed by atoms with Crippen molar-refractivity contribution in [2.24, 2.45) is 5.92 Å². The second kappa shape index (κ2) is 5.85. The van der Waals surface area contributed by atoms with E-state index >= 15 is 0 Å². The normalized spacial score (nSPS) is 23.4. The zero-order chi connectivity index (χ0) is 12.3. The monoisotopic (exact) mass is 238 g/mol. The summed E-state index contributed by atoms with van der Waals surface area (Å²) in [7, 11) is 0. The first-order valence-corrected chi connectivity index (χ1v) is 7.29. The second-order valence-electron chi connectivity index (χ2n) is 5.41. The molecule has 1 heterocycles. The first-order chi connectivity index (χ1) is 8.26. The Hall–Kier alpha value is -0.570. The zero-order valence-corrected chi connectivity index (χ0v) is 11.3. The highest BCUT2D eigenvalue weighted by molar-refractivity contribution is 5.78. The Morgan fingerprint density at radius 3 is 2.12 bits per heavy atom. The van der Waals surface area contributed by atoms with E-state index < -0.39 is 0 Å². The van der Waals surface area contributed by atoms with Crippen molar-refractivity contribution < 1.29 is 4.79 Å². The molecule has 1 aliphatic heterocycles. The van der Waals surface area contributed by atoms with Crippen molar-refractivity contribution >= 4 is 5.91 Å². The van der Waals surface area contributed by atoms with E-state index in [0.29, 0.717) is 11.8 Å². The molecule has 1 saturated carbocycles. The molecule has 0 aromatic rings. The predicted octanol–water partition coefficient (Wildman–Crippen LogP) is 2.12. The number of piperidine rings is 1. The fourth-order valence-electron chi connectivity index (χ4n) is 3.06. The molecule has 0 aromatic heterocycles. The van der Waals surface area contributed by atoms with Crippen molar-refractivity contribution in [3.8, 4) is 0 Å². The average Bonchev–Trinajstić information content (AvgIpc) is 2.29. The van der Waals surface area contributed by atoms with Gasteiger partial charge in [-0.2, -0.15) is 0 Å². The Kier molecular flexibility index (Phi) is 4.43. The van der Waals surface area contributed by atoms with Crippen molar-refractivity contribution in [3.05, 3.63) is 0 Å². The van der Waals surface area contributed by atoms with Gasteiger partial charge in [-0.25, -0.2) is 0 Å². The number of rotatable bonds is 4. The van der Waals surface area contributed by atoms with Crippen molar-refractivity contribution in [2.45, 2.75) is 52.0 Å². The predicted molar refractivity (Wildman–Crippen MR) is 69.9 cm³/mol. The summed E-state index contributed by atoms with van der Waals surface area (Å²) in [6.07, 6.45) is 6.32. The van der Waals surface area contributed by atoms with Gasteiger partial charge in [0.15, 0.2) is 0 Å². The number of carbonyl (C=O) groups excluding carboxylic acids is 1. The molecule has 0 N–H and O–H groups in total. The molecule has 0 bridgehead atoms. The molecule has 2 aliphatic rings. The molecule has 3 heteroatoms. The standard InChI is InChI=1S/C14H26N2O/c1-3-15(4-2)14(17)12-8-10-16(11-9-12)13-6-5-7-13/h12-13H,3-11H2,1-2H3. The van der Waals surface area contributed by atoms with Crippen LogP contribution < -0.4 is 0 Å². The van der Waals surface area contributed by atoms with Crippen LogP contribution in [0.4, 0.5) is 0 Å². The topological polar surface area (TPSA) is 23.6 Å². The second-order valence-corrected chi connectivity index (χ2v) is 5.41. The maximum absolute atomic E-state index is 12.2.